The number of nitrogens with zero attached hydrogens (tertiary/aromatic N) is 2. The molecule has 0 N–H and O–H groups in total. The van der Waals surface area contributed by atoms with Gasteiger partial charge in [-0.3, -0.25) is 4.98 Å². The van der Waals surface area contributed by atoms with Gasteiger partial charge in [-0.1, -0.05) is 41.4 Å². The molecule has 3 aromatic carbocycles. The molecule has 0 saturated carbocycles. The van der Waals surface area contributed by atoms with E-state index in [-0.39, 0.29) is 15.4 Å². The minimum Gasteiger partial charge on any atom is -0.255 e. The third-order valence-electron chi connectivity index (χ3n) is 4.59. The summed E-state index contributed by atoms with van der Waals surface area (Å²) in [6, 6.07) is 16.5. The highest BCUT2D eigenvalue weighted by atomic mass is 35.5. The Hall–Kier alpha value is -2.98. The van der Waals surface area contributed by atoms with E-state index in [0.29, 0.717) is 32.1 Å². The maximum absolute atomic E-state index is 13.7. The number of nitriles is 1. The van der Waals surface area contributed by atoms with Gasteiger partial charge in [-0.25, -0.2) is 12.8 Å². The number of sulfone groups is 1. The van der Waals surface area contributed by atoms with Crippen molar-refractivity contribution in [3.05, 3.63) is 88.3 Å². The maximum Gasteiger partial charge on any atom is 0.208 e. The summed E-state index contributed by atoms with van der Waals surface area (Å²) in [6.07, 6.45) is 1.24. The van der Waals surface area contributed by atoms with Crippen molar-refractivity contribution >= 4 is 43.9 Å². The Bertz CT molecular complexity index is 1450. The SMILES string of the molecule is N#Cc1cc(S(=O)(=O)c2cnc3cc(Cl)ccc3c2-c2ccc(Cl)cc2)ccc1F. The van der Waals surface area contributed by atoms with Crippen molar-refractivity contribution < 1.29 is 12.8 Å². The van der Waals surface area contributed by atoms with Gasteiger partial charge in [0.25, 0.3) is 0 Å². The van der Waals surface area contributed by atoms with Crippen LogP contribution in [0.15, 0.2) is 76.7 Å². The van der Waals surface area contributed by atoms with Crippen LogP contribution < -0.4 is 0 Å². The second-order valence-corrected chi connectivity index (χ2v) is 9.21. The minimum absolute atomic E-state index is 0.0739. The summed E-state index contributed by atoms with van der Waals surface area (Å²) in [4.78, 5) is 3.99. The van der Waals surface area contributed by atoms with Gasteiger partial charge in [-0.05, 0) is 48.0 Å². The van der Waals surface area contributed by atoms with Gasteiger partial charge in [-0.2, -0.15) is 5.26 Å². The number of pyridine rings is 1. The van der Waals surface area contributed by atoms with Crippen molar-refractivity contribution in [1.29, 1.82) is 5.26 Å². The summed E-state index contributed by atoms with van der Waals surface area (Å²) in [6.45, 7) is 0. The molecule has 0 fully saturated rings. The fourth-order valence-corrected chi connectivity index (χ4v) is 4.91. The quantitative estimate of drug-likeness (QED) is 0.351. The average molecular weight is 457 g/mol. The molecule has 4 aromatic rings. The van der Waals surface area contributed by atoms with Gasteiger partial charge >= 0.3 is 0 Å². The van der Waals surface area contributed by atoms with Crippen molar-refractivity contribution in [2.75, 3.05) is 0 Å². The van der Waals surface area contributed by atoms with Crippen LogP contribution in [0.1, 0.15) is 5.56 Å². The Kier molecular flexibility index (Phi) is 5.20. The van der Waals surface area contributed by atoms with Crippen molar-refractivity contribution in [1.82, 2.24) is 4.98 Å². The third-order valence-corrected chi connectivity index (χ3v) is 6.84. The summed E-state index contributed by atoms with van der Waals surface area (Å²) >= 11 is 12.1. The predicted molar refractivity (Wildman–Crippen MR) is 114 cm³/mol. The molecule has 1 heterocycles. The molecule has 0 amide bonds. The van der Waals surface area contributed by atoms with Gasteiger partial charge in [-0.15, -0.1) is 0 Å². The maximum atomic E-state index is 13.7. The van der Waals surface area contributed by atoms with E-state index in [9.17, 15) is 12.8 Å². The van der Waals surface area contributed by atoms with Gasteiger partial charge in [0.15, 0.2) is 0 Å². The number of aromatic nitrogens is 1. The second kappa shape index (κ2) is 7.69. The smallest absolute Gasteiger partial charge is 0.208 e. The fourth-order valence-electron chi connectivity index (χ4n) is 3.15. The molecule has 8 heteroatoms. The van der Waals surface area contributed by atoms with E-state index in [1.165, 1.54) is 6.20 Å². The molecule has 4 nitrogen and oxygen atoms in total. The van der Waals surface area contributed by atoms with Crippen LogP contribution in [-0.4, -0.2) is 13.4 Å². The van der Waals surface area contributed by atoms with E-state index in [0.717, 1.165) is 18.2 Å². The lowest BCUT2D eigenvalue weighted by atomic mass is 10.0. The Morgan fingerprint density at radius 3 is 2.33 bits per heavy atom. The first-order valence-electron chi connectivity index (χ1n) is 8.60. The third kappa shape index (κ3) is 3.52. The molecule has 0 aliphatic carbocycles. The summed E-state index contributed by atoms with van der Waals surface area (Å²) < 4.78 is 40.7. The van der Waals surface area contributed by atoms with Gasteiger partial charge in [0.1, 0.15) is 11.9 Å². The first-order chi connectivity index (χ1) is 14.3. The monoisotopic (exact) mass is 456 g/mol. The lowest BCUT2D eigenvalue weighted by molar-refractivity contribution is 0.594. The molecule has 148 valence electrons. The van der Waals surface area contributed by atoms with Crippen molar-refractivity contribution in [3.63, 3.8) is 0 Å². The number of hydrogen-bond donors (Lipinski definition) is 0. The number of hydrogen-bond acceptors (Lipinski definition) is 4. The van der Waals surface area contributed by atoms with E-state index in [1.54, 1.807) is 48.5 Å². The van der Waals surface area contributed by atoms with Gasteiger partial charge in [0, 0.05) is 27.2 Å². The normalized spacial score (nSPS) is 11.4. The molecule has 30 heavy (non-hydrogen) atoms. The van der Waals surface area contributed by atoms with Crippen LogP contribution in [0.4, 0.5) is 4.39 Å². The van der Waals surface area contributed by atoms with Crippen LogP contribution in [0.5, 0.6) is 0 Å². The molecular formula is C22H11Cl2FN2O2S. The molecular weight excluding hydrogens is 446 g/mol. The molecule has 0 bridgehead atoms. The van der Waals surface area contributed by atoms with Crippen LogP contribution in [0.3, 0.4) is 0 Å². The van der Waals surface area contributed by atoms with Gasteiger partial charge in [0.2, 0.25) is 9.84 Å². The van der Waals surface area contributed by atoms with Crippen LogP contribution in [0.2, 0.25) is 10.0 Å². The highest BCUT2D eigenvalue weighted by Gasteiger charge is 2.25. The zero-order valence-electron chi connectivity index (χ0n) is 15.1. The van der Waals surface area contributed by atoms with E-state index in [1.807, 2.05) is 0 Å². The highest BCUT2D eigenvalue weighted by Crippen LogP contribution is 2.37. The lowest BCUT2D eigenvalue weighted by Gasteiger charge is -2.14. The summed E-state index contributed by atoms with van der Waals surface area (Å²) in [5, 5.41) is 10.6. The van der Waals surface area contributed by atoms with Crippen LogP contribution in [0, 0.1) is 17.1 Å². The van der Waals surface area contributed by atoms with Crippen LogP contribution >= 0.6 is 23.2 Å². The Morgan fingerprint density at radius 2 is 1.63 bits per heavy atom. The molecule has 0 radical (unpaired) electrons. The fraction of sp³-hybridized carbons (Fsp3) is 0. The Morgan fingerprint density at radius 1 is 0.933 bits per heavy atom. The molecule has 0 aliphatic heterocycles. The minimum atomic E-state index is -4.13. The Balaban J connectivity index is 2.06. The van der Waals surface area contributed by atoms with Crippen molar-refractivity contribution in [2.24, 2.45) is 0 Å². The van der Waals surface area contributed by atoms with E-state index >= 15 is 0 Å². The Labute approximate surface area is 182 Å². The van der Waals surface area contributed by atoms with E-state index in [2.05, 4.69) is 4.98 Å². The first kappa shape index (κ1) is 20.3. The molecule has 0 saturated heterocycles. The lowest BCUT2D eigenvalue weighted by Crippen LogP contribution is -2.06. The molecule has 4 rings (SSSR count). The number of fused-ring (bicyclic) bond motifs is 1. The number of halogens is 3. The number of rotatable bonds is 3. The zero-order valence-corrected chi connectivity index (χ0v) is 17.4. The van der Waals surface area contributed by atoms with Crippen LogP contribution in [0.25, 0.3) is 22.0 Å². The molecule has 0 spiro atoms. The molecule has 0 atom stereocenters. The summed E-state index contributed by atoms with van der Waals surface area (Å²) in [5.41, 5.74) is 1.18. The van der Waals surface area contributed by atoms with Crippen molar-refractivity contribution in [2.45, 2.75) is 9.79 Å². The molecule has 0 aliphatic rings. The molecule has 0 unspecified atom stereocenters. The van der Waals surface area contributed by atoms with Crippen molar-refractivity contribution in [3.8, 4) is 17.2 Å². The van der Waals surface area contributed by atoms with E-state index in [4.69, 9.17) is 28.5 Å². The summed E-state index contributed by atoms with van der Waals surface area (Å²) in [7, 11) is -4.13. The van der Waals surface area contributed by atoms with Gasteiger partial charge < -0.3 is 0 Å². The second-order valence-electron chi connectivity index (χ2n) is 6.42. The average Bonchev–Trinajstić information content (AvgIpc) is 2.73. The number of benzene rings is 3. The zero-order chi connectivity index (χ0) is 21.5. The topological polar surface area (TPSA) is 70.8 Å². The van der Waals surface area contributed by atoms with Crippen LogP contribution in [-0.2, 0) is 9.84 Å². The standard InChI is InChI=1S/C22H11Cl2FN2O2S/c23-15-3-1-13(2-4-15)22-18-7-5-16(24)10-20(18)27-12-21(22)30(28,29)17-6-8-19(25)14(9-17)11-26/h1-10,12H. The predicted octanol–water partition coefficient (Wildman–Crippen LogP) is 6.05. The van der Waals surface area contributed by atoms with E-state index < -0.39 is 15.7 Å². The largest absolute Gasteiger partial charge is 0.255 e. The summed E-state index contributed by atoms with van der Waals surface area (Å²) in [5.74, 6) is -0.791. The first-order valence-corrected chi connectivity index (χ1v) is 10.8. The molecule has 1 aromatic heterocycles. The van der Waals surface area contributed by atoms with Gasteiger partial charge in [0.05, 0.1) is 20.9 Å². The highest BCUT2D eigenvalue weighted by molar-refractivity contribution is 7.91.